The first-order chi connectivity index (χ1) is 13.0. The number of amides is 1. The van der Waals surface area contributed by atoms with E-state index in [0.717, 1.165) is 5.56 Å². The van der Waals surface area contributed by atoms with E-state index in [1.165, 1.54) is 10.5 Å². The first-order valence-electron chi connectivity index (χ1n) is 8.77. The van der Waals surface area contributed by atoms with Crippen molar-refractivity contribution in [3.8, 4) is 0 Å². The molecule has 1 aliphatic rings. The van der Waals surface area contributed by atoms with Gasteiger partial charge in [0.1, 0.15) is 0 Å². The molecule has 1 N–H and O–H groups in total. The summed E-state index contributed by atoms with van der Waals surface area (Å²) in [6.07, 6.45) is 6.06. The van der Waals surface area contributed by atoms with E-state index in [1.807, 2.05) is 6.07 Å². The molecule has 0 unspecified atom stereocenters. The van der Waals surface area contributed by atoms with Crippen LogP contribution in [0.4, 0.5) is 0 Å². The number of rotatable bonds is 5. The SMILES string of the molecule is Cc1ccccc1S(=O)(=O)N1CCC[C@@H](C(=O)N/N=C\c2cccnc2)C1. The van der Waals surface area contributed by atoms with Crippen molar-refractivity contribution in [3.63, 3.8) is 0 Å². The van der Waals surface area contributed by atoms with Crippen LogP contribution in [0.5, 0.6) is 0 Å². The van der Waals surface area contributed by atoms with Crippen LogP contribution in [0.25, 0.3) is 0 Å². The number of piperidine rings is 1. The minimum absolute atomic E-state index is 0.158. The number of hydrazone groups is 1. The highest BCUT2D eigenvalue weighted by molar-refractivity contribution is 7.89. The van der Waals surface area contributed by atoms with Gasteiger partial charge in [0.15, 0.2) is 0 Å². The summed E-state index contributed by atoms with van der Waals surface area (Å²) in [6.45, 7) is 2.35. The van der Waals surface area contributed by atoms with Crippen molar-refractivity contribution in [3.05, 3.63) is 59.9 Å². The Morgan fingerprint density at radius 1 is 1.30 bits per heavy atom. The van der Waals surface area contributed by atoms with Crippen molar-refractivity contribution in [2.75, 3.05) is 13.1 Å². The largest absolute Gasteiger partial charge is 0.273 e. The zero-order chi connectivity index (χ0) is 19.3. The van der Waals surface area contributed by atoms with Crippen molar-refractivity contribution in [1.29, 1.82) is 0 Å². The molecule has 0 saturated carbocycles. The van der Waals surface area contributed by atoms with Gasteiger partial charge in [-0.15, -0.1) is 0 Å². The summed E-state index contributed by atoms with van der Waals surface area (Å²) in [5, 5.41) is 3.94. The number of pyridine rings is 1. The van der Waals surface area contributed by atoms with Crippen LogP contribution in [0.1, 0.15) is 24.0 Å². The van der Waals surface area contributed by atoms with Gasteiger partial charge in [-0.05, 0) is 37.5 Å². The van der Waals surface area contributed by atoms with E-state index in [2.05, 4.69) is 15.5 Å². The number of aryl methyl sites for hydroxylation is 1. The fourth-order valence-corrected chi connectivity index (χ4v) is 4.82. The minimum atomic E-state index is -3.62. The average molecular weight is 386 g/mol. The molecule has 142 valence electrons. The number of nitrogens with one attached hydrogen (secondary N) is 1. The first-order valence-corrected chi connectivity index (χ1v) is 10.2. The third kappa shape index (κ3) is 4.58. The predicted octanol–water partition coefficient (Wildman–Crippen LogP) is 1.94. The number of sulfonamides is 1. The third-order valence-corrected chi connectivity index (χ3v) is 6.56. The van der Waals surface area contributed by atoms with Crippen LogP contribution in [-0.4, -0.2) is 42.9 Å². The van der Waals surface area contributed by atoms with Crippen LogP contribution in [0, 0.1) is 12.8 Å². The van der Waals surface area contributed by atoms with Gasteiger partial charge < -0.3 is 0 Å². The van der Waals surface area contributed by atoms with Crippen molar-refractivity contribution in [2.45, 2.75) is 24.7 Å². The van der Waals surface area contributed by atoms with Gasteiger partial charge in [-0.1, -0.05) is 24.3 Å². The molecule has 1 saturated heterocycles. The molecule has 0 aliphatic carbocycles. The molecule has 0 radical (unpaired) electrons. The van der Waals surface area contributed by atoms with E-state index >= 15 is 0 Å². The maximum atomic E-state index is 12.9. The quantitative estimate of drug-likeness (QED) is 0.628. The molecule has 2 aromatic rings. The van der Waals surface area contributed by atoms with E-state index in [1.54, 1.807) is 49.6 Å². The summed E-state index contributed by atoms with van der Waals surface area (Å²) in [6, 6.07) is 10.5. The summed E-state index contributed by atoms with van der Waals surface area (Å²) < 4.78 is 27.3. The van der Waals surface area contributed by atoms with Crippen LogP contribution >= 0.6 is 0 Å². The maximum absolute atomic E-state index is 12.9. The number of hydrogen-bond donors (Lipinski definition) is 1. The number of benzene rings is 1. The lowest BCUT2D eigenvalue weighted by atomic mass is 9.99. The predicted molar refractivity (Wildman–Crippen MR) is 103 cm³/mol. The fourth-order valence-electron chi connectivity index (χ4n) is 3.07. The van der Waals surface area contributed by atoms with Crippen molar-refractivity contribution in [1.82, 2.24) is 14.7 Å². The summed E-state index contributed by atoms with van der Waals surface area (Å²) in [5.74, 6) is -0.705. The van der Waals surface area contributed by atoms with Crippen LogP contribution in [0.15, 0.2) is 58.8 Å². The second-order valence-corrected chi connectivity index (χ2v) is 8.39. The minimum Gasteiger partial charge on any atom is -0.273 e. The molecule has 27 heavy (non-hydrogen) atoms. The number of hydrogen-bond acceptors (Lipinski definition) is 5. The van der Waals surface area contributed by atoms with Crippen molar-refractivity contribution in [2.24, 2.45) is 11.0 Å². The van der Waals surface area contributed by atoms with Crippen LogP contribution in [0.3, 0.4) is 0 Å². The second kappa shape index (κ2) is 8.41. The Morgan fingerprint density at radius 3 is 2.85 bits per heavy atom. The van der Waals surface area contributed by atoms with E-state index in [4.69, 9.17) is 0 Å². The number of aromatic nitrogens is 1. The maximum Gasteiger partial charge on any atom is 0.244 e. The lowest BCUT2D eigenvalue weighted by Crippen LogP contribution is -2.44. The van der Waals surface area contributed by atoms with Crippen molar-refractivity contribution < 1.29 is 13.2 Å². The molecule has 1 aromatic heterocycles. The lowest BCUT2D eigenvalue weighted by Gasteiger charge is -2.31. The summed E-state index contributed by atoms with van der Waals surface area (Å²) >= 11 is 0. The molecule has 1 fully saturated rings. The number of nitrogens with zero attached hydrogens (tertiary/aromatic N) is 3. The van der Waals surface area contributed by atoms with Crippen molar-refractivity contribution >= 4 is 22.1 Å². The molecule has 1 aliphatic heterocycles. The molecular weight excluding hydrogens is 364 g/mol. The Balaban J connectivity index is 1.66. The zero-order valence-corrected chi connectivity index (χ0v) is 15.9. The molecule has 7 nitrogen and oxygen atoms in total. The van der Waals surface area contributed by atoms with Crippen LogP contribution < -0.4 is 5.43 Å². The molecule has 3 rings (SSSR count). The topological polar surface area (TPSA) is 91.7 Å². The first kappa shape index (κ1) is 19.2. The van der Waals surface area contributed by atoms with Gasteiger partial charge in [-0.25, -0.2) is 13.8 Å². The van der Waals surface area contributed by atoms with E-state index < -0.39 is 15.9 Å². The molecule has 1 atom stereocenters. The van der Waals surface area contributed by atoms with Gasteiger partial charge in [0.25, 0.3) is 0 Å². The normalized spacial score (nSPS) is 18.5. The Kier molecular flexibility index (Phi) is 5.98. The molecule has 0 spiro atoms. The average Bonchev–Trinajstić information content (AvgIpc) is 2.69. The molecule has 0 bridgehead atoms. The lowest BCUT2D eigenvalue weighted by molar-refractivity contribution is -0.126. The third-order valence-electron chi connectivity index (χ3n) is 4.54. The molecule has 2 heterocycles. The zero-order valence-electron chi connectivity index (χ0n) is 15.1. The molecule has 1 amide bonds. The summed E-state index contributed by atoms with van der Waals surface area (Å²) in [7, 11) is -3.62. The Labute approximate surface area is 159 Å². The highest BCUT2D eigenvalue weighted by Crippen LogP contribution is 2.25. The van der Waals surface area contributed by atoms with Gasteiger partial charge >= 0.3 is 0 Å². The van der Waals surface area contributed by atoms with Gasteiger partial charge in [0.05, 0.1) is 17.0 Å². The highest BCUT2D eigenvalue weighted by Gasteiger charge is 2.33. The Bertz CT molecular complexity index is 929. The number of carbonyl (C=O) groups is 1. The van der Waals surface area contributed by atoms with Gasteiger partial charge in [0, 0.05) is 31.0 Å². The van der Waals surface area contributed by atoms with Crippen LogP contribution in [0.2, 0.25) is 0 Å². The van der Waals surface area contributed by atoms with Crippen LogP contribution in [-0.2, 0) is 14.8 Å². The Morgan fingerprint density at radius 2 is 2.11 bits per heavy atom. The molecule has 8 heteroatoms. The summed E-state index contributed by atoms with van der Waals surface area (Å²) in [5.41, 5.74) is 3.97. The monoisotopic (exact) mass is 386 g/mol. The smallest absolute Gasteiger partial charge is 0.244 e. The van der Waals surface area contributed by atoms with Gasteiger partial charge in [-0.3, -0.25) is 9.78 Å². The molecule has 1 aromatic carbocycles. The fraction of sp³-hybridized carbons (Fsp3) is 0.316. The Hall–Kier alpha value is -2.58. The highest BCUT2D eigenvalue weighted by atomic mass is 32.2. The number of carbonyl (C=O) groups excluding carboxylic acids is 1. The van der Waals surface area contributed by atoms with E-state index in [0.29, 0.717) is 29.8 Å². The van der Waals surface area contributed by atoms with Gasteiger partial charge in [-0.2, -0.15) is 9.41 Å². The summed E-state index contributed by atoms with van der Waals surface area (Å²) in [4.78, 5) is 16.7. The van der Waals surface area contributed by atoms with E-state index in [9.17, 15) is 13.2 Å². The molecular formula is C19H22N4O3S. The standard InChI is InChI=1S/C19H22N4O3S/c1-15-6-2-3-9-18(15)27(25,26)23-11-5-8-17(14-23)19(24)22-21-13-16-7-4-10-20-12-16/h2-4,6-7,9-10,12-13,17H,5,8,11,14H2,1H3,(H,22,24)/b21-13-/t17-/m1/s1. The van der Waals surface area contributed by atoms with Gasteiger partial charge in [0.2, 0.25) is 15.9 Å². The second-order valence-electron chi connectivity index (χ2n) is 6.49. The van der Waals surface area contributed by atoms with E-state index in [-0.39, 0.29) is 12.5 Å².